The van der Waals surface area contributed by atoms with E-state index in [0.29, 0.717) is 24.7 Å². The van der Waals surface area contributed by atoms with Gasteiger partial charge in [0.2, 0.25) is 17.6 Å². The molecule has 0 amide bonds. The molecule has 0 saturated carbocycles. The number of ether oxygens (including phenoxy) is 1. The quantitative estimate of drug-likeness (QED) is 0.588. The lowest BCUT2D eigenvalue weighted by Gasteiger charge is -2.35. The van der Waals surface area contributed by atoms with Crippen LogP contribution in [-0.2, 0) is 11.3 Å². The Morgan fingerprint density at radius 3 is 2.52 bits per heavy atom. The first-order valence-electron chi connectivity index (χ1n) is 8.54. The summed E-state index contributed by atoms with van der Waals surface area (Å²) in [6, 6.07) is 7.31. The van der Waals surface area contributed by atoms with Gasteiger partial charge < -0.3 is 20.7 Å². The van der Waals surface area contributed by atoms with Crippen LogP contribution in [0.2, 0.25) is 5.02 Å². The molecular formula is C17H21ClN6O3. The van der Waals surface area contributed by atoms with Crippen molar-refractivity contribution < 1.29 is 9.66 Å². The van der Waals surface area contributed by atoms with Gasteiger partial charge in [0.05, 0.1) is 17.1 Å². The van der Waals surface area contributed by atoms with E-state index in [0.717, 1.165) is 5.56 Å². The number of morpholine rings is 1. The van der Waals surface area contributed by atoms with Crippen molar-refractivity contribution in [3.8, 4) is 0 Å². The van der Waals surface area contributed by atoms with E-state index in [1.807, 2.05) is 30.9 Å². The minimum Gasteiger partial charge on any atom is -0.378 e. The summed E-state index contributed by atoms with van der Waals surface area (Å²) in [4.78, 5) is 21.2. The third-order valence-corrected chi connectivity index (χ3v) is 4.41. The molecule has 0 unspecified atom stereocenters. The normalized spacial score (nSPS) is 19.7. The fourth-order valence-corrected chi connectivity index (χ4v) is 3.19. The Hall–Kier alpha value is -2.65. The number of nitrogens with one attached hydrogen (secondary N) is 1. The number of halogens is 1. The molecule has 1 saturated heterocycles. The third kappa shape index (κ3) is 4.55. The second-order valence-corrected chi connectivity index (χ2v) is 6.94. The van der Waals surface area contributed by atoms with Crippen molar-refractivity contribution >= 4 is 34.9 Å². The van der Waals surface area contributed by atoms with Crippen molar-refractivity contribution in [2.45, 2.75) is 32.6 Å². The van der Waals surface area contributed by atoms with Crippen LogP contribution in [0, 0.1) is 10.1 Å². The summed E-state index contributed by atoms with van der Waals surface area (Å²) < 4.78 is 5.70. The Balaban J connectivity index is 1.88. The summed E-state index contributed by atoms with van der Waals surface area (Å²) in [5, 5.41) is 15.2. The number of rotatable bonds is 5. The van der Waals surface area contributed by atoms with Gasteiger partial charge in [-0.3, -0.25) is 10.1 Å². The molecule has 0 aliphatic carbocycles. The van der Waals surface area contributed by atoms with E-state index in [1.165, 1.54) is 0 Å². The lowest BCUT2D eigenvalue weighted by atomic mass is 10.2. The predicted octanol–water partition coefficient (Wildman–Crippen LogP) is 2.85. The molecule has 0 radical (unpaired) electrons. The van der Waals surface area contributed by atoms with Gasteiger partial charge in [0, 0.05) is 24.7 Å². The number of nitrogens with two attached hydrogens (primary N) is 1. The van der Waals surface area contributed by atoms with Crippen LogP contribution in [0.25, 0.3) is 0 Å². The Labute approximate surface area is 161 Å². The van der Waals surface area contributed by atoms with Crippen molar-refractivity contribution in [1.29, 1.82) is 0 Å². The second kappa shape index (κ2) is 7.93. The van der Waals surface area contributed by atoms with E-state index in [-0.39, 0.29) is 35.5 Å². The van der Waals surface area contributed by atoms with Crippen LogP contribution in [0.1, 0.15) is 19.4 Å². The highest BCUT2D eigenvalue weighted by atomic mass is 35.5. The zero-order valence-electron chi connectivity index (χ0n) is 15.1. The number of hydrogen-bond donors (Lipinski definition) is 2. The first-order valence-corrected chi connectivity index (χ1v) is 8.92. The van der Waals surface area contributed by atoms with E-state index >= 15 is 0 Å². The number of hydrogen-bond acceptors (Lipinski definition) is 8. The summed E-state index contributed by atoms with van der Waals surface area (Å²) in [6.45, 7) is 5.23. The standard InChI is InChI=1S/C17H21ClN6O3/c1-10-8-23(9-11(2)27-10)16-14(24(25)26)15(19)21-17(22-16)20-7-12-3-5-13(18)6-4-12/h3-6,10-11H,7-9H2,1-2H3,(H3,19,20,21,22)/t10-,11-/m0/s1. The molecule has 1 aliphatic rings. The van der Waals surface area contributed by atoms with Crippen LogP contribution >= 0.6 is 11.6 Å². The lowest BCUT2D eigenvalue weighted by molar-refractivity contribution is -0.383. The maximum atomic E-state index is 11.5. The summed E-state index contributed by atoms with van der Waals surface area (Å²) in [7, 11) is 0. The van der Waals surface area contributed by atoms with Gasteiger partial charge in [-0.05, 0) is 31.5 Å². The smallest absolute Gasteiger partial charge is 0.353 e. The Morgan fingerprint density at radius 2 is 1.93 bits per heavy atom. The Morgan fingerprint density at radius 1 is 1.30 bits per heavy atom. The van der Waals surface area contributed by atoms with E-state index < -0.39 is 4.92 Å². The zero-order chi connectivity index (χ0) is 19.6. The molecule has 144 valence electrons. The molecule has 2 aromatic rings. The average molecular weight is 393 g/mol. The van der Waals surface area contributed by atoms with Crippen LogP contribution < -0.4 is 16.0 Å². The maximum absolute atomic E-state index is 11.5. The van der Waals surface area contributed by atoms with Crippen molar-refractivity contribution in [2.24, 2.45) is 0 Å². The molecule has 10 heteroatoms. The monoisotopic (exact) mass is 392 g/mol. The van der Waals surface area contributed by atoms with Crippen molar-refractivity contribution in [3.63, 3.8) is 0 Å². The minimum absolute atomic E-state index is 0.0741. The van der Waals surface area contributed by atoms with Crippen LogP contribution in [-0.4, -0.2) is 40.2 Å². The third-order valence-electron chi connectivity index (χ3n) is 4.16. The maximum Gasteiger partial charge on any atom is 0.353 e. The minimum atomic E-state index is -0.543. The van der Waals surface area contributed by atoms with Crippen LogP contribution in [0.5, 0.6) is 0 Å². The molecule has 9 nitrogen and oxygen atoms in total. The predicted molar refractivity (Wildman–Crippen MR) is 104 cm³/mol. The van der Waals surface area contributed by atoms with Gasteiger partial charge in [-0.2, -0.15) is 9.97 Å². The fourth-order valence-electron chi connectivity index (χ4n) is 3.07. The highest BCUT2D eigenvalue weighted by molar-refractivity contribution is 6.30. The van der Waals surface area contributed by atoms with Gasteiger partial charge in [0.25, 0.3) is 0 Å². The van der Waals surface area contributed by atoms with E-state index in [1.54, 1.807) is 12.1 Å². The molecule has 1 fully saturated rings. The molecule has 3 rings (SSSR count). The van der Waals surface area contributed by atoms with Crippen molar-refractivity contribution in [2.75, 3.05) is 29.0 Å². The summed E-state index contributed by atoms with van der Waals surface area (Å²) in [6.07, 6.45) is -0.148. The topological polar surface area (TPSA) is 119 Å². The summed E-state index contributed by atoms with van der Waals surface area (Å²) in [5.41, 5.74) is 6.56. The van der Waals surface area contributed by atoms with Crippen molar-refractivity contribution in [1.82, 2.24) is 9.97 Å². The molecule has 2 heterocycles. The number of aromatic nitrogens is 2. The Kier molecular flexibility index (Phi) is 5.62. The molecule has 2 atom stereocenters. The first-order chi connectivity index (χ1) is 12.8. The SMILES string of the molecule is C[C@H]1CN(c2nc(NCc3ccc(Cl)cc3)nc(N)c2[N+](=O)[O-])C[C@H](C)O1. The molecule has 3 N–H and O–H groups in total. The van der Waals surface area contributed by atoms with Crippen molar-refractivity contribution in [3.05, 3.63) is 45.0 Å². The highest BCUT2D eigenvalue weighted by Gasteiger charge is 2.32. The van der Waals surface area contributed by atoms with Crippen LogP contribution in [0.3, 0.4) is 0 Å². The summed E-state index contributed by atoms with van der Waals surface area (Å²) in [5.74, 6) is 0.262. The van der Waals surface area contributed by atoms with Gasteiger partial charge in [-0.25, -0.2) is 0 Å². The molecule has 1 aromatic carbocycles. The van der Waals surface area contributed by atoms with E-state index in [9.17, 15) is 10.1 Å². The van der Waals surface area contributed by atoms with Gasteiger partial charge in [-0.15, -0.1) is 0 Å². The van der Waals surface area contributed by atoms with Crippen LogP contribution in [0.4, 0.5) is 23.3 Å². The highest BCUT2D eigenvalue weighted by Crippen LogP contribution is 2.33. The fraction of sp³-hybridized carbons (Fsp3) is 0.412. The molecular weight excluding hydrogens is 372 g/mol. The summed E-state index contributed by atoms with van der Waals surface area (Å²) >= 11 is 5.89. The molecule has 1 aromatic heterocycles. The van der Waals surface area contributed by atoms with Gasteiger partial charge in [-0.1, -0.05) is 23.7 Å². The molecule has 1 aliphatic heterocycles. The number of benzene rings is 1. The van der Waals surface area contributed by atoms with Gasteiger partial charge in [0.1, 0.15) is 0 Å². The average Bonchev–Trinajstić information content (AvgIpc) is 2.59. The number of nitro groups is 1. The number of nitrogen functional groups attached to an aromatic ring is 1. The number of anilines is 3. The Bertz CT molecular complexity index is 822. The lowest BCUT2D eigenvalue weighted by Crippen LogP contribution is -2.46. The molecule has 0 spiro atoms. The first kappa shape index (κ1) is 19.1. The van der Waals surface area contributed by atoms with Gasteiger partial charge in [0.15, 0.2) is 0 Å². The van der Waals surface area contributed by atoms with Gasteiger partial charge >= 0.3 is 5.69 Å². The zero-order valence-corrected chi connectivity index (χ0v) is 15.8. The largest absolute Gasteiger partial charge is 0.378 e. The molecule has 27 heavy (non-hydrogen) atoms. The number of nitrogens with zero attached hydrogens (tertiary/aromatic N) is 4. The van der Waals surface area contributed by atoms with E-state index in [4.69, 9.17) is 22.1 Å². The van der Waals surface area contributed by atoms with E-state index in [2.05, 4.69) is 15.3 Å². The van der Waals surface area contributed by atoms with Crippen LogP contribution in [0.15, 0.2) is 24.3 Å². The second-order valence-electron chi connectivity index (χ2n) is 6.50. The molecule has 0 bridgehead atoms.